The third-order valence-electron chi connectivity index (χ3n) is 4.74. The van der Waals surface area contributed by atoms with Crippen molar-refractivity contribution in [1.29, 1.82) is 0 Å². The lowest BCUT2D eigenvalue weighted by molar-refractivity contribution is -0.126. The Morgan fingerprint density at radius 2 is 2.03 bits per heavy atom. The van der Waals surface area contributed by atoms with E-state index in [-0.39, 0.29) is 16.0 Å². The minimum absolute atomic E-state index is 0.0172. The van der Waals surface area contributed by atoms with Crippen molar-refractivity contribution in [3.8, 4) is 5.75 Å². The minimum Gasteiger partial charge on any atom is -0.497 e. The molecule has 0 radical (unpaired) electrons. The van der Waals surface area contributed by atoms with E-state index in [0.29, 0.717) is 35.6 Å². The van der Waals surface area contributed by atoms with Crippen LogP contribution in [0.2, 0.25) is 0 Å². The molecule has 1 aliphatic heterocycles. The molecule has 0 unspecified atom stereocenters. The van der Waals surface area contributed by atoms with Crippen molar-refractivity contribution in [3.63, 3.8) is 0 Å². The molecular weight excluding hydrogens is 456 g/mol. The summed E-state index contributed by atoms with van der Waals surface area (Å²) in [5.41, 5.74) is 1.11. The van der Waals surface area contributed by atoms with Gasteiger partial charge in [-0.25, -0.2) is 18.2 Å². The number of sulfonamides is 1. The quantitative estimate of drug-likeness (QED) is 0.498. The number of urea groups is 1. The van der Waals surface area contributed by atoms with Crippen molar-refractivity contribution in [2.24, 2.45) is 0 Å². The van der Waals surface area contributed by atoms with Crippen LogP contribution in [0.4, 0.5) is 10.5 Å². The van der Waals surface area contributed by atoms with Crippen LogP contribution in [0.1, 0.15) is 6.92 Å². The molecule has 4 rings (SSSR count). The molecule has 1 atom stereocenters. The number of amides is 3. The number of carbonyl (C=O) groups excluding carboxylic acids is 2. The number of imide groups is 1. The molecule has 1 fully saturated rings. The van der Waals surface area contributed by atoms with E-state index in [1.165, 1.54) is 25.3 Å². The van der Waals surface area contributed by atoms with Gasteiger partial charge in [-0.1, -0.05) is 11.8 Å². The van der Waals surface area contributed by atoms with Crippen LogP contribution in [0, 0.1) is 0 Å². The van der Waals surface area contributed by atoms with Crippen LogP contribution in [0.3, 0.4) is 0 Å². The van der Waals surface area contributed by atoms with E-state index in [2.05, 4.69) is 15.0 Å². The SMILES string of the molecule is COc1ccc(NS(=O)(=O)c2ccc3oc(S[C@H](C)C(=O)N4CCNC4=O)nc3c2)cc1. The highest BCUT2D eigenvalue weighted by Crippen LogP contribution is 2.29. The van der Waals surface area contributed by atoms with Crippen LogP contribution < -0.4 is 14.8 Å². The lowest BCUT2D eigenvalue weighted by atomic mass is 10.3. The topological polar surface area (TPSA) is 131 Å². The van der Waals surface area contributed by atoms with Gasteiger partial charge in [0.05, 0.1) is 17.3 Å². The molecule has 0 bridgehead atoms. The molecule has 12 heteroatoms. The predicted molar refractivity (Wildman–Crippen MR) is 118 cm³/mol. The monoisotopic (exact) mass is 476 g/mol. The van der Waals surface area contributed by atoms with Gasteiger partial charge in [0.2, 0.25) is 5.91 Å². The summed E-state index contributed by atoms with van der Waals surface area (Å²) in [6, 6.07) is 10.4. The molecule has 3 aromatic rings. The number of thioether (sulfide) groups is 1. The molecule has 0 aliphatic carbocycles. The van der Waals surface area contributed by atoms with Crippen molar-refractivity contribution < 1.29 is 27.2 Å². The Kier molecular flexibility index (Phi) is 5.98. The smallest absolute Gasteiger partial charge is 0.324 e. The Morgan fingerprint density at radius 3 is 2.69 bits per heavy atom. The highest BCUT2D eigenvalue weighted by molar-refractivity contribution is 8.00. The number of benzene rings is 2. The number of carbonyl (C=O) groups is 2. The van der Waals surface area contributed by atoms with Crippen molar-refractivity contribution in [3.05, 3.63) is 42.5 Å². The molecule has 0 spiro atoms. The van der Waals surface area contributed by atoms with Gasteiger partial charge in [-0.2, -0.15) is 0 Å². The number of nitrogens with one attached hydrogen (secondary N) is 2. The van der Waals surface area contributed by atoms with Crippen LogP contribution in [-0.4, -0.2) is 55.7 Å². The van der Waals surface area contributed by atoms with E-state index in [4.69, 9.17) is 9.15 Å². The molecule has 0 saturated carbocycles. The lowest BCUT2D eigenvalue weighted by Gasteiger charge is -2.15. The number of fused-ring (bicyclic) bond motifs is 1. The Morgan fingerprint density at radius 1 is 1.28 bits per heavy atom. The van der Waals surface area contributed by atoms with Gasteiger partial charge >= 0.3 is 6.03 Å². The van der Waals surface area contributed by atoms with Crippen molar-refractivity contribution >= 4 is 50.5 Å². The van der Waals surface area contributed by atoms with E-state index < -0.39 is 21.3 Å². The first-order chi connectivity index (χ1) is 15.3. The standard InChI is InChI=1S/C20H20N4O6S2/c1-12(18(25)24-10-9-21-19(24)26)31-20-22-16-11-15(7-8-17(16)30-20)32(27,28)23-13-3-5-14(29-2)6-4-13/h3-8,11-12,23H,9-10H2,1-2H3,(H,21,26)/t12-/m1/s1. The van der Waals surface area contributed by atoms with Gasteiger partial charge in [0.1, 0.15) is 11.3 Å². The number of rotatable bonds is 7. The van der Waals surface area contributed by atoms with Crippen molar-refractivity contribution in [2.75, 3.05) is 24.9 Å². The second-order valence-electron chi connectivity index (χ2n) is 6.93. The summed E-state index contributed by atoms with van der Waals surface area (Å²) in [6.45, 7) is 2.40. The van der Waals surface area contributed by atoms with Crippen LogP contribution in [0.25, 0.3) is 11.1 Å². The van der Waals surface area contributed by atoms with Crippen LogP contribution in [0.15, 0.2) is 57.0 Å². The molecule has 1 aromatic heterocycles. The third-order valence-corrected chi connectivity index (χ3v) is 7.05. The highest BCUT2D eigenvalue weighted by atomic mass is 32.2. The first-order valence-electron chi connectivity index (χ1n) is 9.60. The number of anilines is 1. The molecule has 2 N–H and O–H groups in total. The van der Waals surface area contributed by atoms with Crippen molar-refractivity contribution in [1.82, 2.24) is 15.2 Å². The third kappa shape index (κ3) is 4.50. The highest BCUT2D eigenvalue weighted by Gasteiger charge is 2.31. The first kappa shape index (κ1) is 22.0. The summed E-state index contributed by atoms with van der Waals surface area (Å²) >= 11 is 1.06. The number of hydrogen-bond donors (Lipinski definition) is 2. The number of nitrogens with zero attached hydrogens (tertiary/aromatic N) is 2. The molecular formula is C20H20N4O6S2. The maximum Gasteiger partial charge on any atom is 0.324 e. The fourth-order valence-corrected chi connectivity index (χ4v) is 4.98. The molecule has 168 valence electrons. The fraction of sp³-hybridized carbons (Fsp3) is 0.250. The second-order valence-corrected chi connectivity index (χ2v) is 9.90. The van der Waals surface area contributed by atoms with Gasteiger partial charge in [-0.05, 0) is 49.4 Å². The van der Waals surface area contributed by atoms with Gasteiger partial charge in [0.15, 0.2) is 5.58 Å². The predicted octanol–water partition coefficient (Wildman–Crippen LogP) is 2.67. The molecule has 2 heterocycles. The van der Waals surface area contributed by atoms with Crippen LogP contribution in [0.5, 0.6) is 5.75 Å². The summed E-state index contributed by atoms with van der Waals surface area (Å²) in [6.07, 6.45) is 0. The summed E-state index contributed by atoms with van der Waals surface area (Å²) in [5.74, 6) is 0.263. The summed E-state index contributed by atoms with van der Waals surface area (Å²) in [4.78, 5) is 29.6. The maximum atomic E-state index is 12.8. The van der Waals surface area contributed by atoms with Gasteiger partial charge in [0, 0.05) is 18.8 Å². The number of hydrogen-bond acceptors (Lipinski definition) is 8. The lowest BCUT2D eigenvalue weighted by Crippen LogP contribution is -2.38. The average molecular weight is 477 g/mol. The fourth-order valence-electron chi connectivity index (χ4n) is 3.08. The van der Waals surface area contributed by atoms with Gasteiger partial charge < -0.3 is 14.5 Å². The van der Waals surface area contributed by atoms with Crippen LogP contribution >= 0.6 is 11.8 Å². The van der Waals surface area contributed by atoms with Gasteiger partial charge in [-0.15, -0.1) is 0 Å². The zero-order valence-corrected chi connectivity index (χ0v) is 18.8. The molecule has 1 saturated heterocycles. The second kappa shape index (κ2) is 8.71. The first-order valence-corrected chi connectivity index (χ1v) is 12.0. The molecule has 32 heavy (non-hydrogen) atoms. The Hall–Kier alpha value is -3.25. The Balaban J connectivity index is 1.50. The van der Waals surface area contributed by atoms with E-state index in [1.54, 1.807) is 31.2 Å². The van der Waals surface area contributed by atoms with Crippen LogP contribution in [-0.2, 0) is 14.8 Å². The molecule has 1 aliphatic rings. The minimum atomic E-state index is -3.85. The van der Waals surface area contributed by atoms with E-state index in [0.717, 1.165) is 16.7 Å². The number of oxazole rings is 1. The summed E-state index contributed by atoms with van der Waals surface area (Å²) < 4.78 is 38.7. The number of aromatic nitrogens is 1. The number of ether oxygens (including phenoxy) is 1. The Bertz CT molecular complexity index is 1270. The van der Waals surface area contributed by atoms with E-state index in [9.17, 15) is 18.0 Å². The molecule has 2 aromatic carbocycles. The molecule has 10 nitrogen and oxygen atoms in total. The van der Waals surface area contributed by atoms with Gasteiger partial charge in [-0.3, -0.25) is 14.4 Å². The maximum absolute atomic E-state index is 12.8. The summed E-state index contributed by atoms with van der Waals surface area (Å²) in [7, 11) is -2.33. The summed E-state index contributed by atoms with van der Waals surface area (Å²) in [5, 5.41) is 2.18. The van der Waals surface area contributed by atoms with E-state index >= 15 is 0 Å². The Labute approximate surface area is 188 Å². The largest absolute Gasteiger partial charge is 0.497 e. The zero-order chi connectivity index (χ0) is 22.9. The normalized spacial score (nSPS) is 14.9. The van der Waals surface area contributed by atoms with Gasteiger partial charge in [0.25, 0.3) is 15.2 Å². The zero-order valence-electron chi connectivity index (χ0n) is 17.2. The molecule has 3 amide bonds. The van der Waals surface area contributed by atoms with E-state index in [1.807, 2.05) is 0 Å². The van der Waals surface area contributed by atoms with Crippen molar-refractivity contribution in [2.45, 2.75) is 22.3 Å². The number of methoxy groups -OCH3 is 1. The average Bonchev–Trinajstić information content (AvgIpc) is 3.38.